The molecule has 1 unspecified atom stereocenters. The number of hydrogen-bond donors (Lipinski definition) is 4. The van der Waals surface area contributed by atoms with Crippen LogP contribution in [0.2, 0.25) is 0 Å². The lowest BCUT2D eigenvalue weighted by Crippen LogP contribution is -2.50. The zero-order chi connectivity index (χ0) is 25.7. The molecule has 2 aliphatic carbocycles. The third kappa shape index (κ3) is 6.33. The van der Waals surface area contributed by atoms with Gasteiger partial charge in [0.1, 0.15) is 6.04 Å². The van der Waals surface area contributed by atoms with Crippen molar-refractivity contribution in [1.29, 1.82) is 0 Å². The van der Waals surface area contributed by atoms with E-state index in [-0.39, 0.29) is 23.3 Å². The molecular formula is C27H39N5O3S. The summed E-state index contributed by atoms with van der Waals surface area (Å²) in [6.07, 6.45) is 9.04. The average Bonchev–Trinajstić information content (AvgIpc) is 3.32. The Morgan fingerprint density at radius 1 is 1.00 bits per heavy atom. The first-order chi connectivity index (χ1) is 17.3. The molecule has 2 aromatic rings. The Labute approximate surface area is 214 Å². The van der Waals surface area contributed by atoms with Gasteiger partial charge in [-0.2, -0.15) is 4.72 Å². The van der Waals surface area contributed by atoms with E-state index in [0.717, 1.165) is 74.5 Å². The van der Waals surface area contributed by atoms with Crippen molar-refractivity contribution in [3.63, 3.8) is 0 Å². The maximum atomic E-state index is 13.6. The predicted molar refractivity (Wildman–Crippen MR) is 141 cm³/mol. The Kier molecular flexibility index (Phi) is 8.79. The minimum atomic E-state index is -3.90. The summed E-state index contributed by atoms with van der Waals surface area (Å²) >= 11 is 0. The van der Waals surface area contributed by atoms with E-state index < -0.39 is 22.2 Å². The van der Waals surface area contributed by atoms with E-state index in [1.54, 1.807) is 24.1 Å². The molecule has 0 heterocycles. The highest BCUT2D eigenvalue weighted by molar-refractivity contribution is 7.89. The summed E-state index contributed by atoms with van der Waals surface area (Å²) in [5.41, 5.74) is 12.4. The lowest BCUT2D eigenvalue weighted by molar-refractivity contribution is -0.133. The Balaban J connectivity index is 1.58. The molecule has 196 valence electrons. The minimum Gasteiger partial charge on any atom is -0.341 e. The maximum Gasteiger partial charge on any atom is 0.241 e. The molecule has 0 spiro atoms. The van der Waals surface area contributed by atoms with Crippen LogP contribution < -0.4 is 21.7 Å². The van der Waals surface area contributed by atoms with Crippen molar-refractivity contribution in [2.75, 3.05) is 7.05 Å². The highest BCUT2D eigenvalue weighted by Crippen LogP contribution is 2.26. The van der Waals surface area contributed by atoms with Crippen molar-refractivity contribution in [3.8, 4) is 0 Å². The van der Waals surface area contributed by atoms with Gasteiger partial charge >= 0.3 is 0 Å². The van der Waals surface area contributed by atoms with Crippen molar-refractivity contribution in [1.82, 2.24) is 15.0 Å². The lowest BCUT2D eigenvalue weighted by Gasteiger charge is -2.29. The molecule has 6 N–H and O–H groups in total. The first-order valence-corrected chi connectivity index (χ1v) is 14.5. The fourth-order valence-electron chi connectivity index (χ4n) is 5.40. The number of likely N-dealkylation sites (N-methyl/N-ethyl adjacent to an activating group) is 1. The number of hydrogen-bond acceptors (Lipinski definition) is 6. The second-order valence-electron chi connectivity index (χ2n) is 10.1. The maximum absolute atomic E-state index is 13.6. The molecule has 0 aromatic heterocycles. The van der Waals surface area contributed by atoms with Gasteiger partial charge in [-0.3, -0.25) is 10.6 Å². The largest absolute Gasteiger partial charge is 0.341 e. The van der Waals surface area contributed by atoms with Crippen LogP contribution in [-0.4, -0.2) is 38.4 Å². The van der Waals surface area contributed by atoms with Gasteiger partial charge in [0.05, 0.1) is 11.1 Å². The molecule has 0 bridgehead atoms. The molecule has 2 aromatic carbocycles. The quantitative estimate of drug-likeness (QED) is 0.177. The van der Waals surface area contributed by atoms with E-state index in [9.17, 15) is 13.2 Å². The first-order valence-electron chi connectivity index (χ1n) is 13.0. The number of amides is 1. The molecule has 1 saturated carbocycles. The number of nitrogens with two attached hydrogens (primary N) is 2. The Morgan fingerprint density at radius 2 is 1.67 bits per heavy atom. The highest BCUT2D eigenvalue weighted by Gasteiger charge is 2.32. The van der Waals surface area contributed by atoms with Crippen LogP contribution >= 0.6 is 0 Å². The minimum absolute atomic E-state index is 0.146. The van der Waals surface area contributed by atoms with Crippen molar-refractivity contribution in [2.45, 2.75) is 87.4 Å². The summed E-state index contributed by atoms with van der Waals surface area (Å²) in [6, 6.07) is 12.0. The third-order valence-electron chi connectivity index (χ3n) is 7.65. The lowest BCUT2D eigenvalue weighted by atomic mass is 10.0. The van der Waals surface area contributed by atoms with Crippen molar-refractivity contribution in [2.24, 2.45) is 11.6 Å². The van der Waals surface area contributed by atoms with Gasteiger partial charge in [0.2, 0.25) is 15.9 Å². The molecule has 9 heteroatoms. The number of carbonyl (C=O) groups is 1. The van der Waals surface area contributed by atoms with Crippen molar-refractivity contribution >= 4 is 15.9 Å². The van der Waals surface area contributed by atoms with Crippen LogP contribution in [0.4, 0.5) is 0 Å². The van der Waals surface area contributed by atoms with E-state index in [1.165, 1.54) is 5.56 Å². The Hall–Kier alpha value is -2.30. The number of hydrazine groups is 1. The summed E-state index contributed by atoms with van der Waals surface area (Å²) in [6.45, 7) is 0. The fourth-order valence-corrected chi connectivity index (χ4v) is 6.64. The molecule has 0 radical (unpaired) electrons. The van der Waals surface area contributed by atoms with Gasteiger partial charge in [0.25, 0.3) is 0 Å². The molecule has 8 nitrogen and oxygen atoms in total. The van der Waals surface area contributed by atoms with E-state index >= 15 is 0 Å². The van der Waals surface area contributed by atoms with Crippen LogP contribution in [0.1, 0.15) is 73.4 Å². The standard InChI is InChI=1S/C27H39N5O3S/c1-32(23-9-5-6-10-23)27(33)25(17-19-11-13-21(14-12-19)26(28)30-29)31-36(34,35)24-16-15-20-7-3-2-4-8-22(20)18-24/h11-16,18,23,25-26,30-31H,2-10,17,28-29H2,1H3/t25-,26?/m0/s1. The molecule has 1 amide bonds. The van der Waals surface area contributed by atoms with Crippen LogP contribution in [0, 0.1) is 0 Å². The fraction of sp³-hybridized carbons (Fsp3) is 0.519. The number of nitrogens with zero attached hydrogens (tertiary/aromatic N) is 1. The van der Waals surface area contributed by atoms with Gasteiger partial charge in [0.15, 0.2) is 0 Å². The van der Waals surface area contributed by atoms with Gasteiger partial charge in [-0.05, 0) is 79.3 Å². The van der Waals surface area contributed by atoms with E-state index in [2.05, 4.69) is 10.1 Å². The number of carbonyl (C=O) groups excluding carboxylic acids is 1. The van der Waals surface area contributed by atoms with Gasteiger partial charge in [-0.15, -0.1) is 0 Å². The van der Waals surface area contributed by atoms with Gasteiger partial charge in [0, 0.05) is 13.1 Å². The average molecular weight is 514 g/mol. The van der Waals surface area contributed by atoms with Crippen LogP contribution in [-0.2, 0) is 34.1 Å². The molecule has 36 heavy (non-hydrogen) atoms. The summed E-state index contributed by atoms with van der Waals surface area (Å²) in [5.74, 6) is 5.23. The van der Waals surface area contributed by atoms with Gasteiger partial charge < -0.3 is 10.6 Å². The van der Waals surface area contributed by atoms with Crippen LogP contribution in [0.5, 0.6) is 0 Å². The number of sulfonamides is 1. The second-order valence-corrected chi connectivity index (χ2v) is 11.9. The number of benzene rings is 2. The summed E-state index contributed by atoms with van der Waals surface area (Å²) < 4.78 is 29.8. The topological polar surface area (TPSA) is 131 Å². The predicted octanol–water partition coefficient (Wildman–Crippen LogP) is 2.67. The first kappa shape index (κ1) is 26.8. The zero-order valence-electron chi connectivity index (χ0n) is 21.1. The van der Waals surface area contributed by atoms with Crippen LogP contribution in [0.25, 0.3) is 0 Å². The number of fused-ring (bicyclic) bond motifs is 1. The van der Waals surface area contributed by atoms with E-state index in [0.29, 0.717) is 0 Å². The van der Waals surface area contributed by atoms with Gasteiger partial charge in [-0.1, -0.05) is 49.6 Å². The monoisotopic (exact) mass is 513 g/mol. The molecule has 0 aliphatic heterocycles. The number of nitrogens with one attached hydrogen (secondary N) is 2. The SMILES string of the molecule is CN(C(=O)[C@H](Cc1ccc(C(N)NN)cc1)NS(=O)(=O)c1ccc2c(c1)CCCCC2)C1CCCC1. The normalized spacial score (nSPS) is 18.3. The summed E-state index contributed by atoms with van der Waals surface area (Å²) in [7, 11) is -2.11. The zero-order valence-corrected chi connectivity index (χ0v) is 21.9. The molecule has 4 rings (SSSR count). The summed E-state index contributed by atoms with van der Waals surface area (Å²) in [4.78, 5) is 15.6. The summed E-state index contributed by atoms with van der Waals surface area (Å²) in [5, 5.41) is 0. The van der Waals surface area contributed by atoms with Crippen molar-refractivity contribution in [3.05, 3.63) is 64.7 Å². The highest BCUT2D eigenvalue weighted by atomic mass is 32.2. The number of aryl methyl sites for hydroxylation is 2. The molecule has 2 aliphatic rings. The Bertz CT molecular complexity index is 1150. The second kappa shape index (κ2) is 11.8. The molecule has 2 atom stereocenters. The van der Waals surface area contributed by atoms with Crippen molar-refractivity contribution < 1.29 is 13.2 Å². The third-order valence-corrected chi connectivity index (χ3v) is 9.12. The molecule has 1 fully saturated rings. The van der Waals surface area contributed by atoms with E-state index in [4.69, 9.17) is 11.6 Å². The van der Waals surface area contributed by atoms with Crippen LogP contribution in [0.3, 0.4) is 0 Å². The molecule has 0 saturated heterocycles. The Morgan fingerprint density at radius 3 is 2.33 bits per heavy atom. The van der Waals surface area contributed by atoms with Crippen LogP contribution in [0.15, 0.2) is 47.4 Å². The smallest absolute Gasteiger partial charge is 0.241 e. The van der Waals surface area contributed by atoms with E-state index in [1.807, 2.05) is 30.3 Å². The molecular weight excluding hydrogens is 474 g/mol. The number of rotatable bonds is 9. The van der Waals surface area contributed by atoms with Gasteiger partial charge in [-0.25, -0.2) is 13.8 Å².